The molecule has 1 spiro atoms. The van der Waals surface area contributed by atoms with Crippen molar-refractivity contribution >= 4 is 5.91 Å². The molecular formula is C22H29FN4O2. The van der Waals surface area contributed by atoms with E-state index in [0.717, 1.165) is 44.6 Å². The summed E-state index contributed by atoms with van der Waals surface area (Å²) < 4.78 is 21.4. The van der Waals surface area contributed by atoms with Crippen molar-refractivity contribution in [1.82, 2.24) is 19.6 Å². The van der Waals surface area contributed by atoms with Crippen molar-refractivity contribution in [2.75, 3.05) is 26.7 Å². The summed E-state index contributed by atoms with van der Waals surface area (Å²) in [6.45, 7) is 5.53. The number of piperidine rings is 1. The first-order chi connectivity index (χ1) is 13.9. The third-order valence-corrected chi connectivity index (χ3v) is 6.60. The highest BCUT2D eigenvalue weighted by molar-refractivity contribution is 5.84. The third-order valence-electron chi connectivity index (χ3n) is 6.60. The average molecular weight is 400 g/mol. The first-order valence-corrected chi connectivity index (χ1v) is 10.2. The van der Waals surface area contributed by atoms with Crippen molar-refractivity contribution in [3.63, 3.8) is 0 Å². The van der Waals surface area contributed by atoms with Crippen molar-refractivity contribution in [3.05, 3.63) is 47.0 Å². The minimum Gasteiger partial charge on any atom is -0.497 e. The fourth-order valence-corrected chi connectivity index (χ4v) is 4.72. The Hall–Kier alpha value is -2.41. The van der Waals surface area contributed by atoms with Crippen LogP contribution in [0.1, 0.15) is 36.1 Å². The fraction of sp³-hybridized carbons (Fsp3) is 0.545. The molecule has 0 N–H and O–H groups in total. The van der Waals surface area contributed by atoms with Crippen LogP contribution in [0.25, 0.3) is 0 Å². The number of methoxy groups -OCH3 is 1. The van der Waals surface area contributed by atoms with Crippen molar-refractivity contribution in [2.24, 2.45) is 12.5 Å². The molecule has 156 valence electrons. The van der Waals surface area contributed by atoms with Gasteiger partial charge in [0.25, 0.3) is 0 Å². The monoisotopic (exact) mass is 400 g/mol. The van der Waals surface area contributed by atoms with Gasteiger partial charge in [-0.05, 0) is 50.9 Å². The lowest BCUT2D eigenvalue weighted by atomic mass is 9.78. The van der Waals surface area contributed by atoms with Crippen LogP contribution in [0.4, 0.5) is 4.39 Å². The van der Waals surface area contributed by atoms with Crippen LogP contribution in [-0.2, 0) is 24.9 Å². The van der Waals surface area contributed by atoms with E-state index in [1.807, 2.05) is 22.8 Å². The smallest absolute Gasteiger partial charge is 0.230 e. The molecule has 0 radical (unpaired) electrons. The molecule has 2 aliphatic rings. The zero-order valence-electron chi connectivity index (χ0n) is 17.4. The average Bonchev–Trinajstić information content (AvgIpc) is 3.26. The van der Waals surface area contributed by atoms with Gasteiger partial charge in [-0.1, -0.05) is 0 Å². The molecule has 2 saturated heterocycles. The number of carbonyl (C=O) groups excluding carboxylic acids is 1. The van der Waals surface area contributed by atoms with Crippen LogP contribution < -0.4 is 4.74 Å². The van der Waals surface area contributed by atoms with Gasteiger partial charge in [0, 0.05) is 50.0 Å². The largest absolute Gasteiger partial charge is 0.497 e. The molecule has 1 amide bonds. The molecule has 29 heavy (non-hydrogen) atoms. The highest BCUT2D eigenvalue weighted by Crippen LogP contribution is 2.41. The van der Waals surface area contributed by atoms with Gasteiger partial charge in [0.05, 0.1) is 18.7 Å². The number of aryl methyl sites for hydroxylation is 1. The Bertz CT molecular complexity index is 912. The van der Waals surface area contributed by atoms with Gasteiger partial charge in [0.15, 0.2) is 0 Å². The van der Waals surface area contributed by atoms with Crippen LogP contribution >= 0.6 is 0 Å². The SMILES string of the molecule is COc1ccc(F)c(CN2CCC[C@@]3(CCN(Cc4cnn(C)c4C)C3)C2=O)c1. The highest BCUT2D eigenvalue weighted by atomic mass is 19.1. The van der Waals surface area contributed by atoms with Crippen LogP contribution in [0.3, 0.4) is 0 Å². The quantitative estimate of drug-likeness (QED) is 0.775. The fourth-order valence-electron chi connectivity index (χ4n) is 4.72. The number of ether oxygens (including phenoxy) is 1. The maximum absolute atomic E-state index is 14.3. The summed E-state index contributed by atoms with van der Waals surface area (Å²) in [7, 11) is 3.51. The van der Waals surface area contributed by atoms with Crippen LogP contribution in [0.15, 0.2) is 24.4 Å². The van der Waals surface area contributed by atoms with Gasteiger partial charge in [0.2, 0.25) is 5.91 Å². The van der Waals surface area contributed by atoms with Crippen LogP contribution in [-0.4, -0.2) is 52.2 Å². The predicted octanol–water partition coefficient (Wildman–Crippen LogP) is 2.89. The molecule has 0 aliphatic carbocycles. The number of benzene rings is 1. The van der Waals surface area contributed by atoms with Gasteiger partial charge in [0.1, 0.15) is 11.6 Å². The molecule has 2 aromatic rings. The molecule has 2 fully saturated rings. The van der Waals surface area contributed by atoms with E-state index in [9.17, 15) is 9.18 Å². The maximum Gasteiger partial charge on any atom is 0.230 e. The van der Waals surface area contributed by atoms with Gasteiger partial charge < -0.3 is 9.64 Å². The van der Waals surface area contributed by atoms with E-state index in [1.165, 1.54) is 11.6 Å². The van der Waals surface area contributed by atoms with E-state index in [2.05, 4.69) is 16.9 Å². The molecule has 1 atom stereocenters. The molecule has 6 nitrogen and oxygen atoms in total. The van der Waals surface area contributed by atoms with Gasteiger partial charge in [-0.2, -0.15) is 5.10 Å². The summed E-state index contributed by atoms with van der Waals surface area (Å²) in [6, 6.07) is 4.70. The van der Waals surface area contributed by atoms with Crippen LogP contribution in [0, 0.1) is 18.2 Å². The Morgan fingerprint density at radius 3 is 2.76 bits per heavy atom. The summed E-state index contributed by atoms with van der Waals surface area (Å²) in [5.74, 6) is 0.481. The molecule has 1 aromatic heterocycles. The molecular weight excluding hydrogens is 371 g/mol. The van der Waals surface area contributed by atoms with E-state index in [4.69, 9.17) is 4.74 Å². The number of rotatable bonds is 5. The zero-order chi connectivity index (χ0) is 20.6. The Morgan fingerprint density at radius 2 is 2.03 bits per heavy atom. The summed E-state index contributed by atoms with van der Waals surface area (Å²) in [5.41, 5.74) is 2.54. The standard InChI is InChI=1S/C22H29FN4O2/c1-16-18(12-24-25(16)2)13-26-10-8-22(15-26)7-4-9-27(21(22)28)14-17-11-19(29-3)5-6-20(17)23/h5-6,11-12H,4,7-10,13-15H2,1-3H3/t22-/m0/s1. The van der Waals surface area contributed by atoms with E-state index in [-0.39, 0.29) is 17.1 Å². The Morgan fingerprint density at radius 1 is 1.21 bits per heavy atom. The number of amides is 1. The van der Waals surface area contributed by atoms with Crippen LogP contribution in [0.2, 0.25) is 0 Å². The van der Waals surface area contributed by atoms with Crippen molar-refractivity contribution in [2.45, 2.75) is 39.3 Å². The molecule has 0 bridgehead atoms. The Kier molecular flexibility index (Phi) is 5.34. The molecule has 0 saturated carbocycles. The van der Waals surface area contributed by atoms with E-state index >= 15 is 0 Å². The second-order valence-corrected chi connectivity index (χ2v) is 8.41. The second-order valence-electron chi connectivity index (χ2n) is 8.41. The van der Waals surface area contributed by atoms with Crippen molar-refractivity contribution < 1.29 is 13.9 Å². The number of hydrogen-bond donors (Lipinski definition) is 0. The van der Waals surface area contributed by atoms with Crippen LogP contribution in [0.5, 0.6) is 5.75 Å². The van der Waals surface area contributed by atoms with Gasteiger partial charge in [-0.25, -0.2) is 4.39 Å². The second kappa shape index (κ2) is 7.78. The maximum atomic E-state index is 14.3. The lowest BCUT2D eigenvalue weighted by Crippen LogP contribution is -2.49. The number of aromatic nitrogens is 2. The number of likely N-dealkylation sites (tertiary alicyclic amines) is 2. The molecule has 7 heteroatoms. The van der Waals surface area contributed by atoms with E-state index in [0.29, 0.717) is 24.4 Å². The normalized spacial score (nSPS) is 22.6. The van der Waals surface area contributed by atoms with E-state index < -0.39 is 0 Å². The minimum absolute atomic E-state index is 0.163. The summed E-state index contributed by atoms with van der Waals surface area (Å²) in [6.07, 6.45) is 4.64. The summed E-state index contributed by atoms with van der Waals surface area (Å²) in [5, 5.41) is 4.33. The molecule has 4 rings (SSSR count). The Labute approximate surface area is 171 Å². The molecule has 3 heterocycles. The lowest BCUT2D eigenvalue weighted by molar-refractivity contribution is -0.146. The van der Waals surface area contributed by atoms with Crippen molar-refractivity contribution in [3.8, 4) is 5.75 Å². The number of hydrogen-bond acceptors (Lipinski definition) is 4. The van der Waals surface area contributed by atoms with E-state index in [1.54, 1.807) is 19.2 Å². The molecule has 1 aromatic carbocycles. The summed E-state index contributed by atoms with van der Waals surface area (Å²) in [4.78, 5) is 17.6. The van der Waals surface area contributed by atoms with Gasteiger partial charge in [-0.3, -0.25) is 14.4 Å². The number of carbonyl (C=O) groups is 1. The van der Waals surface area contributed by atoms with Gasteiger partial charge in [-0.15, -0.1) is 0 Å². The third kappa shape index (κ3) is 3.75. The predicted molar refractivity (Wildman–Crippen MR) is 108 cm³/mol. The van der Waals surface area contributed by atoms with Crippen molar-refractivity contribution in [1.29, 1.82) is 0 Å². The molecule has 0 unspecified atom stereocenters. The minimum atomic E-state index is -0.344. The molecule has 2 aliphatic heterocycles. The first-order valence-electron chi connectivity index (χ1n) is 10.2. The lowest BCUT2D eigenvalue weighted by Gasteiger charge is -2.39. The first kappa shape index (κ1) is 19.9. The number of halogens is 1. The highest BCUT2D eigenvalue weighted by Gasteiger charge is 2.48. The zero-order valence-corrected chi connectivity index (χ0v) is 17.4. The number of nitrogens with zero attached hydrogens (tertiary/aromatic N) is 4. The Balaban J connectivity index is 1.47. The topological polar surface area (TPSA) is 50.6 Å². The van der Waals surface area contributed by atoms with Gasteiger partial charge >= 0.3 is 0 Å². The summed E-state index contributed by atoms with van der Waals surface area (Å²) >= 11 is 0.